The summed E-state index contributed by atoms with van der Waals surface area (Å²) in [5.41, 5.74) is 1.01. The minimum atomic E-state index is -0.630. The molecule has 0 bridgehead atoms. The first-order valence-corrected chi connectivity index (χ1v) is 7.08. The zero-order valence-electron chi connectivity index (χ0n) is 12.7. The minimum Gasteiger partial charge on any atom is -1.00 e. The average molecular weight is 324 g/mol. The monoisotopic (exact) mass is 323 g/mol. The van der Waals surface area contributed by atoms with Crippen molar-refractivity contribution in [2.45, 2.75) is 18.0 Å². The van der Waals surface area contributed by atoms with Gasteiger partial charge in [0.25, 0.3) is 5.56 Å². The molecule has 116 valence electrons. The second-order valence-electron chi connectivity index (χ2n) is 5.19. The zero-order chi connectivity index (χ0) is 14.6. The van der Waals surface area contributed by atoms with Gasteiger partial charge in [0, 0.05) is 14.2 Å². The van der Waals surface area contributed by atoms with Gasteiger partial charge in [-0.25, -0.2) is 4.98 Å². The molecule has 0 radical (unpaired) electrons. The standard InChI is InChI=1S/C12H21N3O3S.ClH/c1-15(2,3)7-8-9(11(17-4)18-5)13-12(19-6)14-10(8)16;/h11H,7H2,1-6H3;1H. The normalized spacial score (nSPS) is 11.6. The molecule has 0 unspecified atom stereocenters. The van der Waals surface area contributed by atoms with Crippen molar-refractivity contribution in [1.29, 1.82) is 0 Å². The van der Waals surface area contributed by atoms with Gasteiger partial charge in [-0.2, -0.15) is 0 Å². The van der Waals surface area contributed by atoms with Gasteiger partial charge in [-0.1, -0.05) is 11.8 Å². The van der Waals surface area contributed by atoms with E-state index in [2.05, 4.69) is 9.97 Å². The Labute approximate surface area is 129 Å². The molecule has 0 aliphatic heterocycles. The Morgan fingerprint density at radius 1 is 1.30 bits per heavy atom. The van der Waals surface area contributed by atoms with E-state index >= 15 is 0 Å². The van der Waals surface area contributed by atoms with Crippen LogP contribution in [0.2, 0.25) is 0 Å². The van der Waals surface area contributed by atoms with E-state index in [1.165, 1.54) is 26.0 Å². The van der Waals surface area contributed by atoms with Crippen molar-refractivity contribution in [1.82, 2.24) is 9.97 Å². The Morgan fingerprint density at radius 3 is 2.25 bits per heavy atom. The summed E-state index contributed by atoms with van der Waals surface area (Å²) < 4.78 is 11.1. The average Bonchev–Trinajstić information content (AvgIpc) is 2.32. The van der Waals surface area contributed by atoms with Crippen molar-refractivity contribution in [2.75, 3.05) is 41.6 Å². The highest BCUT2D eigenvalue weighted by molar-refractivity contribution is 7.98. The maximum absolute atomic E-state index is 12.2. The minimum absolute atomic E-state index is 0. The number of methoxy groups -OCH3 is 2. The van der Waals surface area contributed by atoms with E-state index in [0.29, 0.717) is 27.4 Å². The molecule has 1 N–H and O–H groups in total. The van der Waals surface area contributed by atoms with Crippen LogP contribution in [-0.2, 0) is 16.0 Å². The highest BCUT2D eigenvalue weighted by atomic mass is 35.5. The van der Waals surface area contributed by atoms with Crippen molar-refractivity contribution < 1.29 is 26.4 Å². The lowest BCUT2D eigenvalue weighted by atomic mass is 10.2. The van der Waals surface area contributed by atoms with E-state index in [0.717, 1.165) is 0 Å². The van der Waals surface area contributed by atoms with E-state index in [1.54, 1.807) is 0 Å². The summed E-state index contributed by atoms with van der Waals surface area (Å²) in [7, 11) is 9.11. The lowest BCUT2D eigenvalue weighted by Gasteiger charge is -2.25. The number of H-pyrrole nitrogens is 1. The Bertz CT molecular complexity index is 484. The predicted molar refractivity (Wildman–Crippen MR) is 75.1 cm³/mol. The number of nitrogens with zero attached hydrogens (tertiary/aromatic N) is 2. The smallest absolute Gasteiger partial charge is 0.260 e. The lowest BCUT2D eigenvalue weighted by molar-refractivity contribution is -0.884. The highest BCUT2D eigenvalue weighted by Gasteiger charge is 2.24. The molecule has 0 spiro atoms. The third kappa shape index (κ3) is 5.06. The van der Waals surface area contributed by atoms with Crippen LogP contribution >= 0.6 is 11.8 Å². The van der Waals surface area contributed by atoms with E-state index in [9.17, 15) is 4.79 Å². The molecule has 1 heterocycles. The van der Waals surface area contributed by atoms with Gasteiger partial charge in [0.1, 0.15) is 12.2 Å². The van der Waals surface area contributed by atoms with Gasteiger partial charge in [-0.3, -0.25) is 4.79 Å². The molecule has 1 aromatic heterocycles. The van der Waals surface area contributed by atoms with Gasteiger partial charge in [-0.15, -0.1) is 0 Å². The summed E-state index contributed by atoms with van der Waals surface area (Å²) in [6, 6.07) is 0. The first-order chi connectivity index (χ1) is 8.82. The van der Waals surface area contributed by atoms with E-state index in [-0.39, 0.29) is 18.0 Å². The largest absolute Gasteiger partial charge is 1.00 e. The van der Waals surface area contributed by atoms with Crippen LogP contribution in [0.3, 0.4) is 0 Å². The lowest BCUT2D eigenvalue weighted by Crippen LogP contribution is -3.00. The molecule has 1 aromatic rings. The summed E-state index contributed by atoms with van der Waals surface area (Å²) in [5, 5.41) is 0.559. The molecule has 8 heteroatoms. The number of aromatic amines is 1. The molecule has 0 amide bonds. The second kappa shape index (κ2) is 7.99. The first kappa shape index (κ1) is 19.4. The van der Waals surface area contributed by atoms with Gasteiger partial charge in [0.2, 0.25) is 6.29 Å². The molecule has 0 fully saturated rings. The van der Waals surface area contributed by atoms with Gasteiger partial charge in [0.15, 0.2) is 5.16 Å². The van der Waals surface area contributed by atoms with Gasteiger partial charge in [-0.05, 0) is 6.26 Å². The number of hydrogen-bond donors (Lipinski definition) is 1. The summed E-state index contributed by atoms with van der Waals surface area (Å²) in [4.78, 5) is 19.4. The highest BCUT2D eigenvalue weighted by Crippen LogP contribution is 2.21. The van der Waals surface area contributed by atoms with Crippen molar-refractivity contribution >= 4 is 11.8 Å². The molecular weight excluding hydrogens is 302 g/mol. The SMILES string of the molecule is COC(OC)c1nc(SC)[nH]c(=O)c1C[N+](C)(C)C.[Cl-]. The molecule has 0 aliphatic rings. The molecular formula is C12H22ClN3O3S. The topological polar surface area (TPSA) is 64.2 Å². The Kier molecular flexibility index (Phi) is 7.75. The van der Waals surface area contributed by atoms with Crippen LogP contribution in [0.25, 0.3) is 0 Å². The fourth-order valence-corrected chi connectivity index (χ4v) is 2.12. The number of thioether (sulfide) groups is 1. The van der Waals surface area contributed by atoms with Gasteiger partial charge < -0.3 is 31.3 Å². The summed E-state index contributed by atoms with van der Waals surface area (Å²) in [6.45, 7) is 0.551. The quantitative estimate of drug-likeness (QED) is 0.284. The Balaban J connectivity index is 0.00000361. The van der Waals surface area contributed by atoms with Gasteiger partial charge in [0.05, 0.1) is 26.7 Å². The fourth-order valence-electron chi connectivity index (χ4n) is 1.73. The van der Waals surface area contributed by atoms with E-state index < -0.39 is 6.29 Å². The number of aromatic nitrogens is 2. The third-order valence-electron chi connectivity index (χ3n) is 2.50. The zero-order valence-corrected chi connectivity index (χ0v) is 14.3. The first-order valence-electron chi connectivity index (χ1n) is 5.85. The second-order valence-corrected chi connectivity index (χ2v) is 5.99. The molecule has 1 rings (SSSR count). The summed E-state index contributed by atoms with van der Waals surface area (Å²) in [6.07, 6.45) is 1.23. The van der Waals surface area contributed by atoms with Crippen LogP contribution in [0.4, 0.5) is 0 Å². The van der Waals surface area contributed by atoms with E-state index in [4.69, 9.17) is 9.47 Å². The summed E-state index contributed by atoms with van der Waals surface area (Å²) >= 11 is 1.38. The summed E-state index contributed by atoms with van der Waals surface area (Å²) in [5.74, 6) is 0. The number of ether oxygens (including phenoxy) is 2. The van der Waals surface area contributed by atoms with Crippen molar-refractivity contribution in [2.24, 2.45) is 0 Å². The van der Waals surface area contributed by atoms with Crippen LogP contribution in [-0.4, -0.2) is 56.1 Å². The van der Waals surface area contributed by atoms with Crippen LogP contribution in [0.1, 0.15) is 17.5 Å². The third-order valence-corrected chi connectivity index (χ3v) is 3.08. The van der Waals surface area contributed by atoms with Crippen LogP contribution < -0.4 is 18.0 Å². The Morgan fingerprint density at radius 2 is 1.85 bits per heavy atom. The maximum atomic E-state index is 12.2. The number of rotatable bonds is 6. The number of nitrogens with one attached hydrogen (secondary N) is 1. The molecule has 20 heavy (non-hydrogen) atoms. The number of halogens is 1. The predicted octanol–water partition coefficient (Wildman–Crippen LogP) is -2.01. The van der Waals surface area contributed by atoms with E-state index in [1.807, 2.05) is 27.4 Å². The maximum Gasteiger partial charge on any atom is 0.260 e. The molecule has 6 nitrogen and oxygen atoms in total. The van der Waals surface area contributed by atoms with Crippen molar-refractivity contribution in [3.8, 4) is 0 Å². The Hall–Kier alpha value is -0.600. The molecule has 0 saturated carbocycles. The molecule has 0 aromatic carbocycles. The van der Waals surface area contributed by atoms with Gasteiger partial charge >= 0.3 is 0 Å². The number of quaternary nitrogens is 1. The van der Waals surface area contributed by atoms with Crippen LogP contribution in [0.5, 0.6) is 0 Å². The molecule has 0 aliphatic carbocycles. The molecule has 0 saturated heterocycles. The number of hydrogen-bond acceptors (Lipinski definition) is 5. The van der Waals surface area contributed by atoms with Crippen LogP contribution in [0.15, 0.2) is 9.95 Å². The van der Waals surface area contributed by atoms with Crippen LogP contribution in [0, 0.1) is 0 Å². The van der Waals surface area contributed by atoms with Crippen molar-refractivity contribution in [3.63, 3.8) is 0 Å². The van der Waals surface area contributed by atoms with Crippen molar-refractivity contribution in [3.05, 3.63) is 21.6 Å². The molecule has 0 atom stereocenters. The fraction of sp³-hybridized carbons (Fsp3) is 0.667.